The Morgan fingerprint density at radius 3 is 1.72 bits per heavy atom. The minimum atomic E-state index is -0.765. The molecule has 11 rings (SSSR count). The van der Waals surface area contributed by atoms with E-state index >= 15 is 17.6 Å². The van der Waals surface area contributed by atoms with Gasteiger partial charge in [0, 0.05) is 84.6 Å². The Balaban J connectivity index is 0.00000596. The van der Waals surface area contributed by atoms with E-state index in [-0.39, 0.29) is 43.0 Å². The molecule has 10 heteroatoms. The van der Waals surface area contributed by atoms with Crippen LogP contribution >= 0.6 is 0 Å². The average Bonchev–Trinajstić information content (AvgIpc) is 3.88. The van der Waals surface area contributed by atoms with Crippen molar-refractivity contribution in [3.05, 3.63) is 223 Å². The van der Waals surface area contributed by atoms with Gasteiger partial charge in [-0.3, -0.25) is 0 Å². The monoisotopic (exact) mass is 1130 g/mol. The SMILES string of the molecule is CC(C)(C)c1ccc(-c2cc(Oc3[c-]c4c(cc3)c3ccccc3n4-c3cc(C(C)(C)C)ccn3)[c-]c(N3[CH-]N(c4c(-c5cc(F)cc(F)c5)cccc4-c4cc(F)cc(F)c4)c4ccccc43)c2)cc1.[Pt]. The molecular formula is C62H47F4N4OPt-3. The van der Waals surface area contributed by atoms with Gasteiger partial charge < -0.3 is 19.1 Å². The van der Waals surface area contributed by atoms with Gasteiger partial charge in [0.25, 0.3) is 0 Å². The van der Waals surface area contributed by atoms with Gasteiger partial charge in [0.1, 0.15) is 29.1 Å². The van der Waals surface area contributed by atoms with Gasteiger partial charge in [0.15, 0.2) is 0 Å². The van der Waals surface area contributed by atoms with Gasteiger partial charge in [0.05, 0.1) is 0 Å². The number of para-hydroxylation sites is 4. The summed E-state index contributed by atoms with van der Waals surface area (Å²) in [4.78, 5) is 8.70. The van der Waals surface area contributed by atoms with Crippen molar-refractivity contribution in [2.24, 2.45) is 0 Å². The number of benzene rings is 8. The van der Waals surface area contributed by atoms with Crippen molar-refractivity contribution in [1.82, 2.24) is 9.55 Å². The Morgan fingerprint density at radius 1 is 0.500 bits per heavy atom. The van der Waals surface area contributed by atoms with Crippen molar-refractivity contribution in [2.75, 3.05) is 9.80 Å². The molecule has 362 valence electrons. The van der Waals surface area contributed by atoms with Gasteiger partial charge in [-0.05, 0) is 98.6 Å². The number of fused-ring (bicyclic) bond motifs is 4. The Labute approximate surface area is 431 Å². The summed E-state index contributed by atoms with van der Waals surface area (Å²) < 4.78 is 69.0. The maximum absolute atomic E-state index is 15.0. The zero-order chi connectivity index (χ0) is 49.3. The predicted molar refractivity (Wildman–Crippen MR) is 278 cm³/mol. The van der Waals surface area contributed by atoms with Gasteiger partial charge in [0.2, 0.25) is 0 Å². The normalized spacial score (nSPS) is 12.6. The summed E-state index contributed by atoms with van der Waals surface area (Å²) >= 11 is 0. The fourth-order valence-electron chi connectivity index (χ4n) is 9.51. The molecule has 72 heavy (non-hydrogen) atoms. The Bertz CT molecular complexity index is 3600. The van der Waals surface area contributed by atoms with E-state index in [1.165, 1.54) is 29.8 Å². The van der Waals surface area contributed by atoms with Gasteiger partial charge >= 0.3 is 0 Å². The summed E-state index contributed by atoms with van der Waals surface area (Å²) in [6.45, 7) is 15.0. The molecule has 0 amide bonds. The van der Waals surface area contributed by atoms with Crippen molar-refractivity contribution in [1.29, 1.82) is 0 Å². The van der Waals surface area contributed by atoms with E-state index in [1.807, 2.05) is 77.3 Å². The van der Waals surface area contributed by atoms with Crippen LogP contribution in [0.15, 0.2) is 170 Å². The molecular weight excluding hydrogens is 1090 g/mol. The quantitative estimate of drug-likeness (QED) is 0.112. The summed E-state index contributed by atoms with van der Waals surface area (Å²) in [5.41, 5.74) is 9.62. The first-order chi connectivity index (χ1) is 34.1. The van der Waals surface area contributed by atoms with Crippen LogP contribution in [0.5, 0.6) is 11.5 Å². The van der Waals surface area contributed by atoms with E-state index in [0.717, 1.165) is 62.1 Å². The van der Waals surface area contributed by atoms with Gasteiger partial charge in [-0.25, -0.2) is 22.5 Å². The van der Waals surface area contributed by atoms with Crippen LogP contribution in [0.25, 0.3) is 61.0 Å². The summed E-state index contributed by atoms with van der Waals surface area (Å²) in [7, 11) is 0. The molecule has 10 aromatic rings. The van der Waals surface area contributed by atoms with E-state index in [2.05, 4.69) is 113 Å². The number of rotatable bonds is 8. The maximum atomic E-state index is 15.0. The molecule has 5 nitrogen and oxygen atoms in total. The van der Waals surface area contributed by atoms with Crippen LogP contribution in [0.1, 0.15) is 52.7 Å². The number of hydrogen-bond acceptors (Lipinski definition) is 4. The fourth-order valence-corrected chi connectivity index (χ4v) is 9.51. The van der Waals surface area contributed by atoms with E-state index in [1.54, 1.807) is 18.2 Å². The molecule has 0 bridgehead atoms. The Hall–Kier alpha value is -7.48. The first-order valence-corrected chi connectivity index (χ1v) is 23.4. The van der Waals surface area contributed by atoms with Crippen molar-refractivity contribution in [3.63, 3.8) is 0 Å². The molecule has 0 atom stereocenters. The molecule has 0 saturated carbocycles. The number of aromatic nitrogens is 2. The average molecular weight is 1140 g/mol. The zero-order valence-corrected chi connectivity index (χ0v) is 42.5. The zero-order valence-electron chi connectivity index (χ0n) is 40.3. The number of hydrogen-bond donors (Lipinski definition) is 0. The standard InChI is InChI=1S/C62H47F4N4O.Pt/c1-61(2,3)42-20-18-38(19-21-42)39-30-48(35-50(31-39)71-49-22-23-54-53-12-7-8-15-55(53)70(58(54)36-49)59-32-43(24-25-67-59)62(4,5)6)68-37-69(57-17-10-9-16-56(57)68)60-51(40-26-44(63)33-45(64)27-40)13-11-14-52(60)41-28-46(65)34-47(66)29-41;/h7-34,37H,1-6H3;/q-3;. The molecule has 1 aliphatic heterocycles. The number of nitrogens with zero attached hydrogens (tertiary/aromatic N) is 4. The molecule has 8 aromatic carbocycles. The number of anilines is 4. The van der Waals surface area contributed by atoms with Crippen LogP contribution < -0.4 is 14.5 Å². The minimum Gasteiger partial charge on any atom is -0.509 e. The number of ether oxygens (including phenoxy) is 1. The number of pyridine rings is 1. The first-order valence-electron chi connectivity index (χ1n) is 23.4. The van der Waals surface area contributed by atoms with E-state index < -0.39 is 23.3 Å². The molecule has 1 aliphatic rings. The van der Waals surface area contributed by atoms with Gasteiger partial charge in [-0.15, -0.1) is 53.6 Å². The third kappa shape index (κ3) is 9.07. The minimum absolute atomic E-state index is 0. The van der Waals surface area contributed by atoms with Crippen molar-refractivity contribution in [3.8, 4) is 50.7 Å². The summed E-state index contributed by atoms with van der Waals surface area (Å²) in [5, 5.41) is 2.06. The van der Waals surface area contributed by atoms with Crippen LogP contribution in [-0.4, -0.2) is 9.55 Å². The van der Waals surface area contributed by atoms with Crippen LogP contribution in [0.2, 0.25) is 0 Å². The second-order valence-electron chi connectivity index (χ2n) is 20.0. The van der Waals surface area contributed by atoms with Crippen molar-refractivity contribution >= 4 is 44.6 Å². The Morgan fingerprint density at radius 2 is 1.10 bits per heavy atom. The molecule has 0 aliphatic carbocycles. The van der Waals surface area contributed by atoms with Crippen LogP contribution in [0.4, 0.5) is 40.3 Å². The molecule has 0 unspecified atom stereocenters. The first kappa shape index (κ1) is 48.2. The topological polar surface area (TPSA) is 33.5 Å². The summed E-state index contributed by atoms with van der Waals surface area (Å²) in [6, 6.07) is 55.5. The van der Waals surface area contributed by atoms with Crippen LogP contribution in [-0.2, 0) is 31.9 Å². The largest absolute Gasteiger partial charge is 0.509 e. The van der Waals surface area contributed by atoms with Crippen LogP contribution in [0.3, 0.4) is 0 Å². The smallest absolute Gasteiger partial charge is 0.135 e. The Kier molecular flexibility index (Phi) is 12.4. The molecule has 3 heterocycles. The second-order valence-corrected chi connectivity index (χ2v) is 20.0. The predicted octanol–water partition coefficient (Wildman–Crippen LogP) is 17.1. The van der Waals surface area contributed by atoms with Gasteiger partial charge in [-0.1, -0.05) is 120 Å². The maximum Gasteiger partial charge on any atom is 0.135 e. The van der Waals surface area contributed by atoms with Gasteiger partial charge in [-0.2, -0.15) is 6.07 Å². The molecule has 0 saturated heterocycles. The molecule has 0 N–H and O–H groups in total. The molecule has 0 spiro atoms. The molecule has 2 aromatic heterocycles. The summed E-state index contributed by atoms with van der Waals surface area (Å²) in [5.74, 6) is -1.41. The molecule has 0 radical (unpaired) electrons. The fraction of sp³-hybridized carbons (Fsp3) is 0.129. The third-order valence-electron chi connectivity index (χ3n) is 13.0. The van der Waals surface area contributed by atoms with E-state index in [4.69, 9.17) is 9.72 Å². The van der Waals surface area contributed by atoms with Crippen molar-refractivity contribution in [2.45, 2.75) is 52.4 Å². The third-order valence-corrected chi connectivity index (χ3v) is 13.0. The van der Waals surface area contributed by atoms with E-state index in [0.29, 0.717) is 39.7 Å². The summed E-state index contributed by atoms with van der Waals surface area (Å²) in [6.07, 6.45) is 1.85. The van der Waals surface area contributed by atoms with Crippen LogP contribution in [0, 0.1) is 42.1 Å². The second kappa shape index (κ2) is 18.6. The number of halogens is 4. The van der Waals surface area contributed by atoms with Crippen molar-refractivity contribution < 1.29 is 43.4 Å². The van der Waals surface area contributed by atoms with E-state index in [9.17, 15) is 0 Å². The molecule has 0 fully saturated rings.